The third-order valence-electron chi connectivity index (χ3n) is 5.97. The number of hydrogen-bond acceptors (Lipinski definition) is 5. The van der Waals surface area contributed by atoms with Crippen molar-refractivity contribution in [3.63, 3.8) is 0 Å². The van der Waals surface area contributed by atoms with Gasteiger partial charge in [0.2, 0.25) is 12.1 Å². The van der Waals surface area contributed by atoms with Crippen LogP contribution in [0.3, 0.4) is 0 Å². The molecule has 4 saturated heterocycles. The van der Waals surface area contributed by atoms with Crippen molar-refractivity contribution in [2.24, 2.45) is 23.7 Å². The van der Waals surface area contributed by atoms with Gasteiger partial charge in [-0.15, -0.1) is 0 Å². The monoisotopic (exact) mass is 282 g/mol. The second kappa shape index (κ2) is 3.96. The maximum absolute atomic E-state index is 12.1. The lowest BCUT2D eigenvalue weighted by Crippen LogP contribution is -2.69. The molecule has 0 aromatic rings. The van der Waals surface area contributed by atoms with Gasteiger partial charge in [0.1, 0.15) is 0 Å². The Balaban J connectivity index is 1.84. The summed E-state index contributed by atoms with van der Waals surface area (Å²) < 4.78 is 11.6. The Morgan fingerprint density at radius 2 is 1.90 bits per heavy atom. The molecule has 7 atom stereocenters. The number of carbonyl (C=O) groups excluding carboxylic acids is 1. The lowest BCUT2D eigenvalue weighted by atomic mass is 9.58. The van der Waals surface area contributed by atoms with Crippen molar-refractivity contribution in [2.75, 3.05) is 0 Å². The normalized spacial score (nSPS) is 57.8. The molecule has 20 heavy (non-hydrogen) atoms. The van der Waals surface area contributed by atoms with Crippen LogP contribution in [0.1, 0.15) is 46.5 Å². The van der Waals surface area contributed by atoms with Crippen molar-refractivity contribution >= 4 is 5.97 Å². The van der Waals surface area contributed by atoms with Crippen LogP contribution in [0.4, 0.5) is 0 Å². The lowest BCUT2D eigenvalue weighted by molar-refractivity contribution is -0.559. The number of rotatable bonds is 0. The molecule has 0 aromatic carbocycles. The van der Waals surface area contributed by atoms with Gasteiger partial charge in [0.05, 0.1) is 5.92 Å². The average molecular weight is 282 g/mol. The number of esters is 1. The highest BCUT2D eigenvalue weighted by Gasteiger charge is 2.69. The molecule has 4 heterocycles. The fourth-order valence-corrected chi connectivity index (χ4v) is 4.76. The van der Waals surface area contributed by atoms with E-state index >= 15 is 0 Å². The first-order valence-corrected chi connectivity index (χ1v) is 7.71. The Morgan fingerprint density at radius 1 is 1.10 bits per heavy atom. The maximum atomic E-state index is 12.1. The van der Waals surface area contributed by atoms with Crippen molar-refractivity contribution in [1.82, 2.24) is 0 Å². The Morgan fingerprint density at radius 3 is 2.70 bits per heavy atom. The van der Waals surface area contributed by atoms with E-state index in [0.717, 1.165) is 25.7 Å². The van der Waals surface area contributed by atoms with Crippen molar-refractivity contribution in [1.29, 1.82) is 0 Å². The molecule has 5 heteroatoms. The molecule has 0 aromatic heterocycles. The molecule has 5 rings (SSSR count). The van der Waals surface area contributed by atoms with Crippen molar-refractivity contribution in [3.05, 3.63) is 0 Å². The minimum absolute atomic E-state index is 0.123. The minimum atomic E-state index is -0.793. The zero-order chi connectivity index (χ0) is 14.1. The van der Waals surface area contributed by atoms with Gasteiger partial charge in [-0.05, 0) is 32.1 Å². The topological polar surface area (TPSA) is 54.0 Å². The first-order chi connectivity index (χ1) is 9.46. The summed E-state index contributed by atoms with van der Waals surface area (Å²) in [6, 6.07) is 0. The van der Waals surface area contributed by atoms with Crippen LogP contribution in [0.5, 0.6) is 0 Å². The second-order valence-electron chi connectivity index (χ2n) is 7.14. The van der Waals surface area contributed by atoms with E-state index in [2.05, 4.69) is 6.92 Å². The predicted octanol–water partition coefficient (Wildman–Crippen LogP) is 2.39. The number of fused-ring (bicyclic) bond motifs is 2. The number of carbonyl (C=O) groups is 1. The van der Waals surface area contributed by atoms with Crippen LogP contribution in [0, 0.1) is 23.7 Å². The van der Waals surface area contributed by atoms with Gasteiger partial charge in [-0.2, -0.15) is 0 Å². The van der Waals surface area contributed by atoms with E-state index in [-0.39, 0.29) is 17.8 Å². The molecule has 1 spiro atoms. The zero-order valence-corrected chi connectivity index (χ0v) is 12.3. The molecule has 1 saturated carbocycles. The Bertz CT molecular complexity index is 452. The van der Waals surface area contributed by atoms with E-state index in [0.29, 0.717) is 11.8 Å². The molecule has 0 radical (unpaired) electrons. The number of hydrogen-bond donors (Lipinski definition) is 0. The van der Waals surface area contributed by atoms with Gasteiger partial charge < -0.3 is 9.47 Å². The van der Waals surface area contributed by atoms with Crippen LogP contribution in [-0.4, -0.2) is 23.6 Å². The van der Waals surface area contributed by atoms with E-state index in [1.807, 2.05) is 13.8 Å². The summed E-state index contributed by atoms with van der Waals surface area (Å²) in [7, 11) is 0. The zero-order valence-electron chi connectivity index (χ0n) is 12.3. The molecule has 1 aliphatic carbocycles. The van der Waals surface area contributed by atoms with Crippen LogP contribution in [0.15, 0.2) is 0 Å². The quantitative estimate of drug-likeness (QED) is 0.504. The van der Waals surface area contributed by atoms with Crippen LogP contribution >= 0.6 is 0 Å². The van der Waals surface area contributed by atoms with E-state index in [9.17, 15) is 4.79 Å². The third-order valence-corrected chi connectivity index (χ3v) is 5.97. The summed E-state index contributed by atoms with van der Waals surface area (Å²) >= 11 is 0. The molecular weight excluding hydrogens is 260 g/mol. The summed E-state index contributed by atoms with van der Waals surface area (Å²) in [6.45, 7) is 6.06. The molecule has 2 bridgehead atoms. The smallest absolute Gasteiger partial charge is 0.311 e. The van der Waals surface area contributed by atoms with E-state index in [1.165, 1.54) is 0 Å². The highest BCUT2D eigenvalue weighted by molar-refractivity contribution is 5.74. The summed E-state index contributed by atoms with van der Waals surface area (Å²) in [4.78, 5) is 23.7. The molecular formula is C15H22O5. The first-order valence-electron chi connectivity index (χ1n) is 7.71. The Labute approximate surface area is 118 Å². The summed E-state index contributed by atoms with van der Waals surface area (Å²) in [5.74, 6) is -0.137. The largest absolute Gasteiger partial charge is 0.432 e. The van der Waals surface area contributed by atoms with Crippen LogP contribution in [-0.2, 0) is 24.0 Å². The van der Waals surface area contributed by atoms with Gasteiger partial charge in [0, 0.05) is 18.3 Å². The van der Waals surface area contributed by atoms with Gasteiger partial charge in [-0.25, -0.2) is 9.78 Å². The standard InChI is InChI=1S/C15H22O5/c1-8-4-5-11-9(2)12(16)17-13-15(11)10(8)6-7-14(3,18-13)19-20-15/h8-11,13H,4-7H2,1-3H3/t8-,9-,10+,11?,13-,14+,15-/m1/s1. The molecule has 5 nitrogen and oxygen atoms in total. The van der Waals surface area contributed by atoms with Crippen molar-refractivity contribution < 1.29 is 24.0 Å². The Hall–Kier alpha value is -0.650. The molecule has 0 N–H and O–H groups in total. The fourth-order valence-electron chi connectivity index (χ4n) is 4.76. The highest BCUT2D eigenvalue weighted by Crippen LogP contribution is 2.59. The van der Waals surface area contributed by atoms with Crippen LogP contribution in [0.2, 0.25) is 0 Å². The van der Waals surface area contributed by atoms with Crippen molar-refractivity contribution in [3.8, 4) is 0 Å². The molecule has 4 aliphatic heterocycles. The van der Waals surface area contributed by atoms with Gasteiger partial charge in [0.15, 0.2) is 5.60 Å². The summed E-state index contributed by atoms with van der Waals surface area (Å²) in [6.07, 6.45) is 3.24. The summed E-state index contributed by atoms with van der Waals surface area (Å²) in [5.41, 5.74) is -0.610. The SMILES string of the molecule is C[C@@H]1CCC2[C@@H](C)C(=O)O[C@@H]3O[C@]4(C)CC[C@@H]1[C@@]23OO4. The fraction of sp³-hybridized carbons (Fsp3) is 0.933. The third kappa shape index (κ3) is 1.46. The maximum Gasteiger partial charge on any atom is 0.311 e. The van der Waals surface area contributed by atoms with Gasteiger partial charge in [-0.3, -0.25) is 4.79 Å². The number of ether oxygens (including phenoxy) is 2. The van der Waals surface area contributed by atoms with Crippen LogP contribution < -0.4 is 0 Å². The molecule has 1 unspecified atom stereocenters. The predicted molar refractivity (Wildman–Crippen MR) is 68.0 cm³/mol. The van der Waals surface area contributed by atoms with E-state index in [4.69, 9.17) is 19.2 Å². The summed E-state index contributed by atoms with van der Waals surface area (Å²) in [5, 5.41) is 0. The first kappa shape index (κ1) is 13.0. The molecule has 5 fully saturated rings. The van der Waals surface area contributed by atoms with E-state index in [1.54, 1.807) is 0 Å². The molecule has 112 valence electrons. The van der Waals surface area contributed by atoms with E-state index < -0.39 is 17.7 Å². The minimum Gasteiger partial charge on any atom is -0.432 e. The lowest BCUT2D eigenvalue weighted by Gasteiger charge is -2.57. The average Bonchev–Trinajstić information content (AvgIpc) is 2.63. The Kier molecular flexibility index (Phi) is 2.58. The molecule has 5 aliphatic rings. The second-order valence-corrected chi connectivity index (χ2v) is 7.14. The van der Waals surface area contributed by atoms with Gasteiger partial charge in [-0.1, -0.05) is 13.8 Å². The van der Waals surface area contributed by atoms with Crippen molar-refractivity contribution in [2.45, 2.75) is 64.1 Å². The van der Waals surface area contributed by atoms with Gasteiger partial charge >= 0.3 is 5.97 Å². The molecule has 0 amide bonds. The van der Waals surface area contributed by atoms with Gasteiger partial charge in [0.25, 0.3) is 0 Å². The highest BCUT2D eigenvalue weighted by atomic mass is 17.3. The van der Waals surface area contributed by atoms with Crippen LogP contribution in [0.25, 0.3) is 0 Å².